The summed E-state index contributed by atoms with van der Waals surface area (Å²) in [5.74, 6) is 0. The van der Waals surface area contributed by atoms with Gasteiger partial charge in [0.2, 0.25) is 0 Å². The van der Waals surface area contributed by atoms with Gasteiger partial charge in [-0.15, -0.1) is 11.3 Å². The number of thiophene rings is 1. The van der Waals surface area contributed by atoms with Crippen molar-refractivity contribution >= 4 is 27.3 Å². The normalized spacial score (nSPS) is 20.2. The first-order valence-electron chi connectivity index (χ1n) is 7.10. The van der Waals surface area contributed by atoms with Gasteiger partial charge in [0.05, 0.1) is 0 Å². The largest absolute Gasteiger partial charge is 0.313 e. The lowest BCUT2D eigenvalue weighted by molar-refractivity contribution is 0.220. The van der Waals surface area contributed by atoms with Crippen LogP contribution in [0.3, 0.4) is 0 Å². The highest BCUT2D eigenvalue weighted by Gasteiger charge is 2.36. The summed E-state index contributed by atoms with van der Waals surface area (Å²) in [6.45, 7) is 5.88. The molecule has 1 fully saturated rings. The molecule has 0 bridgehead atoms. The Bertz CT molecular complexity index is 368. The van der Waals surface area contributed by atoms with Crippen molar-refractivity contribution in [3.63, 3.8) is 0 Å². The van der Waals surface area contributed by atoms with Crippen LogP contribution in [0.5, 0.6) is 0 Å². The molecule has 0 saturated heterocycles. The molecule has 1 aromatic heterocycles. The maximum atomic E-state index is 3.80. The molecule has 0 spiro atoms. The van der Waals surface area contributed by atoms with E-state index in [-0.39, 0.29) is 0 Å². The van der Waals surface area contributed by atoms with Crippen LogP contribution in [-0.2, 0) is 6.42 Å². The zero-order valence-electron chi connectivity index (χ0n) is 11.5. The highest BCUT2D eigenvalue weighted by molar-refractivity contribution is 9.10. The number of nitrogens with one attached hydrogen (secondary N) is 1. The van der Waals surface area contributed by atoms with E-state index < -0.39 is 0 Å². The van der Waals surface area contributed by atoms with Gasteiger partial charge in [-0.3, -0.25) is 0 Å². The highest BCUT2D eigenvalue weighted by atomic mass is 79.9. The smallest absolute Gasteiger partial charge is 0.0285 e. The molecule has 1 aromatic rings. The summed E-state index contributed by atoms with van der Waals surface area (Å²) < 4.78 is 1.23. The van der Waals surface area contributed by atoms with Crippen molar-refractivity contribution in [3.8, 4) is 0 Å². The third-order valence-corrected chi connectivity index (χ3v) is 5.97. The molecule has 1 unspecified atom stereocenters. The molecular formula is C15H24BrNS. The minimum atomic E-state index is 0.506. The Kier molecular flexibility index (Phi) is 5.28. The molecule has 2 rings (SSSR count). The molecule has 1 atom stereocenters. The molecule has 102 valence electrons. The highest BCUT2D eigenvalue weighted by Crippen LogP contribution is 2.42. The van der Waals surface area contributed by atoms with Crippen LogP contribution in [0.2, 0.25) is 0 Å². The standard InChI is InChI=1S/C15H24BrNS/c1-3-8-17-14(15(2)6-4-5-7-15)10-13-9-12(16)11-18-13/h9,11,14,17H,3-8,10H2,1-2H3. The topological polar surface area (TPSA) is 12.0 Å². The van der Waals surface area contributed by atoms with Crippen LogP contribution < -0.4 is 5.32 Å². The number of hydrogen-bond donors (Lipinski definition) is 1. The van der Waals surface area contributed by atoms with E-state index in [2.05, 4.69) is 46.5 Å². The van der Waals surface area contributed by atoms with E-state index in [1.807, 2.05) is 11.3 Å². The lowest BCUT2D eigenvalue weighted by atomic mass is 9.78. The molecule has 0 aromatic carbocycles. The summed E-state index contributed by atoms with van der Waals surface area (Å²) >= 11 is 5.44. The summed E-state index contributed by atoms with van der Waals surface area (Å²) in [5, 5.41) is 6.00. The first-order valence-corrected chi connectivity index (χ1v) is 8.77. The number of halogens is 1. The van der Waals surface area contributed by atoms with Gasteiger partial charge in [0.25, 0.3) is 0 Å². The molecule has 1 aliphatic carbocycles. The Morgan fingerprint density at radius 3 is 2.72 bits per heavy atom. The summed E-state index contributed by atoms with van der Waals surface area (Å²) in [6, 6.07) is 2.93. The van der Waals surface area contributed by atoms with Crippen molar-refractivity contribution in [1.29, 1.82) is 0 Å². The van der Waals surface area contributed by atoms with Crippen molar-refractivity contribution in [2.45, 2.75) is 58.4 Å². The van der Waals surface area contributed by atoms with Gasteiger partial charge in [-0.1, -0.05) is 26.7 Å². The van der Waals surface area contributed by atoms with E-state index in [1.165, 1.54) is 47.9 Å². The SMILES string of the molecule is CCCNC(Cc1cc(Br)cs1)C1(C)CCCC1. The van der Waals surface area contributed by atoms with E-state index in [4.69, 9.17) is 0 Å². The van der Waals surface area contributed by atoms with Crippen LogP contribution in [0, 0.1) is 5.41 Å². The molecule has 0 radical (unpaired) electrons. The Morgan fingerprint density at radius 1 is 1.44 bits per heavy atom. The Hall–Kier alpha value is 0.140. The van der Waals surface area contributed by atoms with Crippen molar-refractivity contribution in [2.24, 2.45) is 5.41 Å². The zero-order chi connectivity index (χ0) is 13.0. The fourth-order valence-electron chi connectivity index (χ4n) is 3.08. The summed E-state index contributed by atoms with van der Waals surface area (Å²) in [7, 11) is 0. The zero-order valence-corrected chi connectivity index (χ0v) is 13.9. The van der Waals surface area contributed by atoms with Crippen LogP contribution >= 0.6 is 27.3 Å². The molecule has 3 heteroatoms. The minimum absolute atomic E-state index is 0.506. The number of hydrogen-bond acceptors (Lipinski definition) is 2. The lowest BCUT2D eigenvalue weighted by Crippen LogP contribution is -2.44. The van der Waals surface area contributed by atoms with Crippen LogP contribution in [-0.4, -0.2) is 12.6 Å². The average Bonchev–Trinajstić information content (AvgIpc) is 2.94. The number of rotatable bonds is 6. The van der Waals surface area contributed by atoms with Crippen LogP contribution in [0.1, 0.15) is 50.8 Å². The predicted octanol–water partition coefficient (Wildman–Crippen LogP) is 5.00. The Balaban J connectivity index is 2.04. The van der Waals surface area contributed by atoms with Gasteiger partial charge in [-0.2, -0.15) is 0 Å². The molecule has 1 nitrogen and oxygen atoms in total. The molecular weight excluding hydrogens is 306 g/mol. The second-order valence-corrected chi connectivity index (χ2v) is 7.71. The fraction of sp³-hybridized carbons (Fsp3) is 0.733. The van der Waals surface area contributed by atoms with Gasteiger partial charge in [0.15, 0.2) is 0 Å². The molecule has 1 N–H and O–H groups in total. The molecule has 0 amide bonds. The summed E-state index contributed by atoms with van der Waals surface area (Å²) in [4.78, 5) is 1.50. The van der Waals surface area contributed by atoms with E-state index in [1.54, 1.807) is 0 Å². The van der Waals surface area contributed by atoms with E-state index in [0.717, 1.165) is 6.54 Å². The molecule has 0 aliphatic heterocycles. The van der Waals surface area contributed by atoms with Crippen molar-refractivity contribution in [3.05, 3.63) is 20.8 Å². The molecule has 18 heavy (non-hydrogen) atoms. The van der Waals surface area contributed by atoms with Crippen molar-refractivity contribution in [1.82, 2.24) is 5.32 Å². The van der Waals surface area contributed by atoms with Gasteiger partial charge >= 0.3 is 0 Å². The molecule has 1 heterocycles. The first-order chi connectivity index (χ1) is 8.64. The minimum Gasteiger partial charge on any atom is -0.313 e. The third-order valence-electron chi connectivity index (χ3n) is 4.25. The molecule has 1 aliphatic rings. The van der Waals surface area contributed by atoms with Crippen molar-refractivity contribution < 1.29 is 0 Å². The van der Waals surface area contributed by atoms with Crippen LogP contribution in [0.4, 0.5) is 0 Å². The molecule has 1 saturated carbocycles. The second kappa shape index (κ2) is 6.53. The van der Waals surface area contributed by atoms with Crippen LogP contribution in [0.25, 0.3) is 0 Å². The van der Waals surface area contributed by atoms with E-state index >= 15 is 0 Å². The van der Waals surface area contributed by atoms with E-state index in [9.17, 15) is 0 Å². The average molecular weight is 330 g/mol. The van der Waals surface area contributed by atoms with Crippen LogP contribution in [0.15, 0.2) is 15.9 Å². The van der Waals surface area contributed by atoms with Crippen molar-refractivity contribution in [2.75, 3.05) is 6.54 Å². The Morgan fingerprint density at radius 2 is 2.17 bits per heavy atom. The summed E-state index contributed by atoms with van der Waals surface area (Å²) in [5.41, 5.74) is 0.506. The quantitative estimate of drug-likeness (QED) is 0.774. The summed E-state index contributed by atoms with van der Waals surface area (Å²) in [6.07, 6.45) is 8.01. The van der Waals surface area contributed by atoms with Gasteiger partial charge in [-0.05, 0) is 59.6 Å². The Labute approximate surface area is 123 Å². The monoisotopic (exact) mass is 329 g/mol. The fourth-order valence-corrected chi connectivity index (χ4v) is 4.57. The van der Waals surface area contributed by atoms with E-state index in [0.29, 0.717) is 11.5 Å². The second-order valence-electron chi connectivity index (χ2n) is 5.80. The third kappa shape index (κ3) is 3.58. The lowest BCUT2D eigenvalue weighted by Gasteiger charge is -2.35. The van der Waals surface area contributed by atoms with Gasteiger partial charge in [0.1, 0.15) is 0 Å². The van der Waals surface area contributed by atoms with Gasteiger partial charge < -0.3 is 5.32 Å². The first kappa shape index (κ1) is 14.5. The maximum Gasteiger partial charge on any atom is 0.0285 e. The maximum absolute atomic E-state index is 3.80. The predicted molar refractivity (Wildman–Crippen MR) is 84.4 cm³/mol. The van der Waals surface area contributed by atoms with Gasteiger partial charge in [0, 0.05) is 20.8 Å². The van der Waals surface area contributed by atoms with Gasteiger partial charge in [-0.25, -0.2) is 0 Å².